The Bertz CT molecular complexity index is 844. The standard InChI is InChI=1S/C18H19N3O3/c1-24-17-5-3-2-4-14(17)12-21(8-9-22)18(23)13-6-7-16-15(10-13)11-19-20-16/h2-7,10-11,22H,8-9,12H2,1H3,(H,19,20). The number of aliphatic hydroxyl groups is 1. The van der Waals surface area contributed by atoms with E-state index in [0.717, 1.165) is 22.2 Å². The molecule has 0 radical (unpaired) electrons. The highest BCUT2D eigenvalue weighted by molar-refractivity contribution is 5.97. The average molecular weight is 325 g/mol. The zero-order valence-electron chi connectivity index (χ0n) is 13.4. The Labute approximate surface area is 139 Å². The number of aliphatic hydroxyl groups excluding tert-OH is 1. The Kier molecular flexibility index (Phi) is 4.77. The molecule has 3 aromatic rings. The van der Waals surface area contributed by atoms with Gasteiger partial charge in [-0.3, -0.25) is 9.89 Å². The highest BCUT2D eigenvalue weighted by Gasteiger charge is 2.18. The molecule has 1 aromatic heterocycles. The number of carbonyl (C=O) groups excluding carboxylic acids is 1. The summed E-state index contributed by atoms with van der Waals surface area (Å²) in [4.78, 5) is 14.5. The fraction of sp³-hybridized carbons (Fsp3) is 0.222. The second-order valence-electron chi connectivity index (χ2n) is 5.43. The molecule has 0 unspecified atom stereocenters. The van der Waals surface area contributed by atoms with Crippen molar-refractivity contribution in [2.24, 2.45) is 0 Å². The van der Waals surface area contributed by atoms with Crippen LogP contribution in [0.4, 0.5) is 0 Å². The van der Waals surface area contributed by atoms with Crippen LogP contribution in [0.15, 0.2) is 48.7 Å². The van der Waals surface area contributed by atoms with E-state index in [9.17, 15) is 9.90 Å². The molecule has 0 bridgehead atoms. The largest absolute Gasteiger partial charge is 0.496 e. The summed E-state index contributed by atoms with van der Waals surface area (Å²) in [5.41, 5.74) is 2.34. The van der Waals surface area contributed by atoms with Gasteiger partial charge in [0.15, 0.2) is 0 Å². The molecule has 0 aliphatic rings. The second kappa shape index (κ2) is 7.14. The Morgan fingerprint density at radius 1 is 1.29 bits per heavy atom. The van der Waals surface area contributed by atoms with E-state index in [1.807, 2.05) is 30.3 Å². The summed E-state index contributed by atoms with van der Waals surface area (Å²) in [7, 11) is 1.60. The van der Waals surface area contributed by atoms with Crippen LogP contribution in [0.5, 0.6) is 5.75 Å². The van der Waals surface area contributed by atoms with Gasteiger partial charge in [0.1, 0.15) is 5.75 Å². The quantitative estimate of drug-likeness (QED) is 0.728. The lowest BCUT2D eigenvalue weighted by Crippen LogP contribution is -2.33. The fourth-order valence-electron chi connectivity index (χ4n) is 2.67. The Balaban J connectivity index is 1.87. The number of hydrogen-bond acceptors (Lipinski definition) is 4. The molecule has 1 heterocycles. The topological polar surface area (TPSA) is 78.5 Å². The molecule has 3 rings (SSSR count). The summed E-state index contributed by atoms with van der Waals surface area (Å²) < 4.78 is 5.34. The van der Waals surface area contributed by atoms with Crippen LogP contribution in [-0.4, -0.2) is 46.4 Å². The lowest BCUT2D eigenvalue weighted by Gasteiger charge is -2.23. The number of benzene rings is 2. The highest BCUT2D eigenvalue weighted by Crippen LogP contribution is 2.21. The number of ether oxygens (including phenoxy) is 1. The number of aromatic amines is 1. The van der Waals surface area contributed by atoms with E-state index in [-0.39, 0.29) is 19.1 Å². The minimum absolute atomic E-state index is 0.102. The minimum Gasteiger partial charge on any atom is -0.496 e. The molecule has 0 spiro atoms. The molecule has 0 saturated heterocycles. The first-order valence-electron chi connectivity index (χ1n) is 7.68. The van der Waals surface area contributed by atoms with Gasteiger partial charge in [-0.15, -0.1) is 0 Å². The highest BCUT2D eigenvalue weighted by atomic mass is 16.5. The maximum atomic E-state index is 12.8. The van der Waals surface area contributed by atoms with E-state index in [4.69, 9.17) is 4.74 Å². The molecule has 2 N–H and O–H groups in total. The number of para-hydroxylation sites is 1. The molecule has 6 heteroatoms. The molecular formula is C18H19N3O3. The van der Waals surface area contributed by atoms with E-state index < -0.39 is 0 Å². The molecule has 124 valence electrons. The van der Waals surface area contributed by atoms with Gasteiger partial charge in [-0.1, -0.05) is 18.2 Å². The van der Waals surface area contributed by atoms with E-state index in [1.54, 1.807) is 30.3 Å². The molecule has 2 aromatic carbocycles. The Morgan fingerprint density at radius 2 is 2.12 bits per heavy atom. The summed E-state index contributed by atoms with van der Waals surface area (Å²) in [6.07, 6.45) is 1.68. The number of H-pyrrole nitrogens is 1. The van der Waals surface area contributed by atoms with Crippen LogP contribution in [0, 0.1) is 0 Å². The van der Waals surface area contributed by atoms with Gasteiger partial charge >= 0.3 is 0 Å². The van der Waals surface area contributed by atoms with Crippen molar-refractivity contribution in [1.29, 1.82) is 0 Å². The third-order valence-corrected chi connectivity index (χ3v) is 3.90. The Morgan fingerprint density at radius 3 is 2.92 bits per heavy atom. The van der Waals surface area contributed by atoms with E-state index in [2.05, 4.69) is 10.2 Å². The van der Waals surface area contributed by atoms with E-state index >= 15 is 0 Å². The molecule has 6 nitrogen and oxygen atoms in total. The van der Waals surface area contributed by atoms with Crippen molar-refractivity contribution in [3.63, 3.8) is 0 Å². The maximum Gasteiger partial charge on any atom is 0.254 e. The number of hydrogen-bond donors (Lipinski definition) is 2. The van der Waals surface area contributed by atoms with Gasteiger partial charge in [-0.05, 0) is 24.3 Å². The van der Waals surface area contributed by atoms with E-state index in [1.165, 1.54) is 0 Å². The van der Waals surface area contributed by atoms with Gasteiger partial charge in [0.2, 0.25) is 0 Å². The average Bonchev–Trinajstić information content (AvgIpc) is 3.09. The second-order valence-corrected chi connectivity index (χ2v) is 5.43. The predicted molar refractivity (Wildman–Crippen MR) is 90.9 cm³/mol. The smallest absolute Gasteiger partial charge is 0.254 e. The summed E-state index contributed by atoms with van der Waals surface area (Å²) in [6.45, 7) is 0.516. The van der Waals surface area contributed by atoms with Crippen molar-refractivity contribution in [3.8, 4) is 5.75 Å². The summed E-state index contributed by atoms with van der Waals surface area (Å²) >= 11 is 0. The SMILES string of the molecule is COc1ccccc1CN(CCO)C(=O)c1ccc2[nH]ncc2c1. The van der Waals surface area contributed by atoms with Crippen LogP contribution < -0.4 is 4.74 Å². The first-order chi connectivity index (χ1) is 11.7. The van der Waals surface area contributed by atoms with Gasteiger partial charge in [0.05, 0.1) is 25.4 Å². The first kappa shape index (κ1) is 16.0. The summed E-state index contributed by atoms with van der Waals surface area (Å²) in [5.74, 6) is 0.580. The number of amides is 1. The van der Waals surface area contributed by atoms with E-state index in [0.29, 0.717) is 12.1 Å². The molecule has 1 amide bonds. The zero-order valence-corrected chi connectivity index (χ0v) is 13.4. The number of aromatic nitrogens is 2. The van der Waals surface area contributed by atoms with Gasteiger partial charge < -0.3 is 14.7 Å². The van der Waals surface area contributed by atoms with Crippen molar-refractivity contribution in [3.05, 3.63) is 59.8 Å². The lowest BCUT2D eigenvalue weighted by atomic mass is 10.1. The van der Waals surface area contributed by atoms with Crippen LogP contribution >= 0.6 is 0 Å². The normalized spacial score (nSPS) is 10.8. The zero-order chi connectivity index (χ0) is 16.9. The van der Waals surface area contributed by atoms with Crippen molar-refractivity contribution in [2.75, 3.05) is 20.3 Å². The molecule has 0 atom stereocenters. The summed E-state index contributed by atoms with van der Waals surface area (Å²) in [6, 6.07) is 12.9. The monoisotopic (exact) mass is 325 g/mol. The van der Waals surface area contributed by atoms with Gasteiger partial charge in [0, 0.05) is 29.6 Å². The number of fused-ring (bicyclic) bond motifs is 1. The molecule has 0 fully saturated rings. The van der Waals surface area contributed by atoms with Gasteiger partial charge in [0.25, 0.3) is 5.91 Å². The minimum atomic E-state index is -0.141. The summed E-state index contributed by atoms with van der Waals surface area (Å²) in [5, 5.41) is 17.0. The predicted octanol–water partition coefficient (Wildman–Crippen LogP) is 2.21. The number of nitrogens with one attached hydrogen (secondary N) is 1. The van der Waals surface area contributed by atoms with Gasteiger partial charge in [-0.25, -0.2) is 0 Å². The van der Waals surface area contributed by atoms with Crippen molar-refractivity contribution < 1.29 is 14.6 Å². The Hall–Kier alpha value is -2.86. The molecule has 0 aliphatic carbocycles. The number of methoxy groups -OCH3 is 1. The van der Waals surface area contributed by atoms with Crippen molar-refractivity contribution in [1.82, 2.24) is 15.1 Å². The first-order valence-corrected chi connectivity index (χ1v) is 7.68. The fourth-order valence-corrected chi connectivity index (χ4v) is 2.67. The number of rotatable bonds is 6. The van der Waals surface area contributed by atoms with Crippen molar-refractivity contribution in [2.45, 2.75) is 6.54 Å². The number of carbonyl (C=O) groups is 1. The third-order valence-electron chi connectivity index (χ3n) is 3.90. The maximum absolute atomic E-state index is 12.8. The third kappa shape index (κ3) is 3.23. The van der Waals surface area contributed by atoms with Crippen LogP contribution in [0.1, 0.15) is 15.9 Å². The molecule has 24 heavy (non-hydrogen) atoms. The van der Waals surface area contributed by atoms with Crippen LogP contribution in [0.3, 0.4) is 0 Å². The van der Waals surface area contributed by atoms with Crippen LogP contribution in [0.2, 0.25) is 0 Å². The molecular weight excluding hydrogens is 306 g/mol. The van der Waals surface area contributed by atoms with Crippen LogP contribution in [0.25, 0.3) is 10.9 Å². The molecule has 0 saturated carbocycles. The van der Waals surface area contributed by atoms with Crippen molar-refractivity contribution >= 4 is 16.8 Å². The molecule has 0 aliphatic heterocycles. The number of nitrogens with zero attached hydrogens (tertiary/aromatic N) is 2. The van der Waals surface area contributed by atoms with Gasteiger partial charge in [-0.2, -0.15) is 5.10 Å². The van der Waals surface area contributed by atoms with Crippen LogP contribution in [-0.2, 0) is 6.54 Å². The lowest BCUT2D eigenvalue weighted by molar-refractivity contribution is 0.0707.